The first kappa shape index (κ1) is 18.1. The summed E-state index contributed by atoms with van der Waals surface area (Å²) in [5.74, 6) is 1.35. The second-order valence-electron chi connectivity index (χ2n) is 4.64. The average molecular weight is 251 g/mol. The molecule has 0 radical (unpaired) electrons. The first-order valence-corrected chi connectivity index (χ1v) is 6.03. The van der Waals surface area contributed by atoms with Gasteiger partial charge in [-0.05, 0) is 24.8 Å². The lowest BCUT2D eigenvalue weighted by atomic mass is 9.96. The van der Waals surface area contributed by atoms with Crippen LogP contribution in [0.3, 0.4) is 0 Å². The zero-order chi connectivity index (χ0) is 11.7. The van der Waals surface area contributed by atoms with E-state index in [1.54, 1.807) is 0 Å². The Morgan fingerprint density at radius 3 is 2.31 bits per heavy atom. The van der Waals surface area contributed by atoms with Crippen LogP contribution in [0.15, 0.2) is 0 Å². The highest BCUT2D eigenvalue weighted by atomic mass is 35.5. The smallest absolute Gasteiger partial charge is 0.220 e. The molecule has 0 fully saturated rings. The van der Waals surface area contributed by atoms with Crippen LogP contribution < -0.4 is 10.6 Å². The Kier molecular flexibility index (Phi) is 12.7. The lowest BCUT2D eigenvalue weighted by Gasteiger charge is -2.13. The van der Waals surface area contributed by atoms with E-state index in [1.165, 1.54) is 0 Å². The largest absolute Gasteiger partial charge is 0.355 e. The maximum atomic E-state index is 11.5. The van der Waals surface area contributed by atoms with Gasteiger partial charge in [0.1, 0.15) is 0 Å². The molecule has 0 aliphatic carbocycles. The summed E-state index contributed by atoms with van der Waals surface area (Å²) in [5.41, 5.74) is 0. The van der Waals surface area contributed by atoms with Crippen molar-refractivity contribution >= 4 is 18.3 Å². The monoisotopic (exact) mass is 250 g/mol. The molecule has 2 N–H and O–H groups in total. The molecular weight excluding hydrogens is 224 g/mol. The zero-order valence-corrected chi connectivity index (χ0v) is 11.8. The lowest BCUT2D eigenvalue weighted by molar-refractivity contribution is -0.121. The van der Waals surface area contributed by atoms with E-state index in [2.05, 4.69) is 38.3 Å². The van der Waals surface area contributed by atoms with Crippen molar-refractivity contribution in [2.75, 3.05) is 19.6 Å². The quantitative estimate of drug-likeness (QED) is 0.649. The summed E-state index contributed by atoms with van der Waals surface area (Å²) in [5, 5.41) is 6.09. The van der Waals surface area contributed by atoms with Crippen LogP contribution in [0.1, 0.15) is 40.5 Å². The normalized spacial score (nSPS) is 12.1. The molecule has 0 aliphatic rings. The molecule has 0 heterocycles. The Labute approximate surface area is 106 Å². The number of likely N-dealkylation sites (N-methyl/N-ethyl adjacent to an activating group) is 1. The molecule has 4 heteroatoms. The van der Waals surface area contributed by atoms with Crippen LogP contribution in [0.25, 0.3) is 0 Å². The van der Waals surface area contributed by atoms with Crippen LogP contribution in [0.2, 0.25) is 0 Å². The standard InChI is InChI=1S/C12H26N2O.ClH/c1-5-13-6-7-14-12(15)9-11(4)8-10(2)3;/h10-11,13H,5-9H2,1-4H3,(H,14,15);1H. The van der Waals surface area contributed by atoms with E-state index in [-0.39, 0.29) is 18.3 Å². The minimum atomic E-state index is 0. The van der Waals surface area contributed by atoms with Crippen molar-refractivity contribution in [3.8, 4) is 0 Å². The van der Waals surface area contributed by atoms with Gasteiger partial charge in [0, 0.05) is 19.5 Å². The van der Waals surface area contributed by atoms with Crippen LogP contribution in [-0.4, -0.2) is 25.5 Å². The number of nitrogens with one attached hydrogen (secondary N) is 2. The van der Waals surface area contributed by atoms with E-state index < -0.39 is 0 Å². The van der Waals surface area contributed by atoms with Crippen molar-refractivity contribution in [1.29, 1.82) is 0 Å². The number of hydrogen-bond donors (Lipinski definition) is 2. The lowest BCUT2D eigenvalue weighted by Crippen LogP contribution is -2.32. The number of halogens is 1. The van der Waals surface area contributed by atoms with Crippen LogP contribution in [0.5, 0.6) is 0 Å². The van der Waals surface area contributed by atoms with E-state index >= 15 is 0 Å². The zero-order valence-electron chi connectivity index (χ0n) is 11.0. The Morgan fingerprint density at radius 1 is 1.19 bits per heavy atom. The van der Waals surface area contributed by atoms with Gasteiger partial charge < -0.3 is 10.6 Å². The Bertz CT molecular complexity index is 174. The molecule has 0 aromatic rings. The van der Waals surface area contributed by atoms with E-state index in [0.29, 0.717) is 18.3 Å². The van der Waals surface area contributed by atoms with Gasteiger partial charge in [0.15, 0.2) is 0 Å². The molecule has 0 bridgehead atoms. The van der Waals surface area contributed by atoms with Crippen molar-refractivity contribution in [3.63, 3.8) is 0 Å². The highest BCUT2D eigenvalue weighted by molar-refractivity contribution is 5.85. The van der Waals surface area contributed by atoms with E-state index in [0.717, 1.165) is 26.1 Å². The van der Waals surface area contributed by atoms with E-state index in [4.69, 9.17) is 0 Å². The molecule has 0 rings (SSSR count). The Hall–Kier alpha value is -0.280. The van der Waals surface area contributed by atoms with Gasteiger partial charge in [-0.2, -0.15) is 0 Å². The molecule has 0 saturated heterocycles. The average Bonchev–Trinajstić information content (AvgIpc) is 2.10. The van der Waals surface area contributed by atoms with Crippen molar-refractivity contribution in [2.24, 2.45) is 11.8 Å². The summed E-state index contributed by atoms with van der Waals surface area (Å²) < 4.78 is 0. The van der Waals surface area contributed by atoms with Crippen molar-refractivity contribution in [2.45, 2.75) is 40.5 Å². The molecule has 0 spiro atoms. The third kappa shape index (κ3) is 11.8. The number of rotatable bonds is 8. The topological polar surface area (TPSA) is 41.1 Å². The van der Waals surface area contributed by atoms with Gasteiger partial charge in [0.05, 0.1) is 0 Å². The number of carbonyl (C=O) groups is 1. The maximum absolute atomic E-state index is 11.5. The molecular formula is C12H27ClN2O. The minimum Gasteiger partial charge on any atom is -0.355 e. The molecule has 0 aromatic heterocycles. The molecule has 0 aliphatic heterocycles. The summed E-state index contributed by atoms with van der Waals surface area (Å²) >= 11 is 0. The summed E-state index contributed by atoms with van der Waals surface area (Å²) in [6, 6.07) is 0. The van der Waals surface area contributed by atoms with Gasteiger partial charge in [0.2, 0.25) is 5.91 Å². The number of hydrogen-bond acceptors (Lipinski definition) is 2. The van der Waals surface area contributed by atoms with Crippen LogP contribution in [-0.2, 0) is 4.79 Å². The summed E-state index contributed by atoms with van der Waals surface area (Å²) in [6.45, 7) is 11.1. The molecule has 98 valence electrons. The molecule has 0 saturated carbocycles. The number of carbonyl (C=O) groups excluding carboxylic acids is 1. The molecule has 3 nitrogen and oxygen atoms in total. The van der Waals surface area contributed by atoms with Gasteiger partial charge in [-0.15, -0.1) is 12.4 Å². The fourth-order valence-corrected chi connectivity index (χ4v) is 1.74. The molecule has 1 amide bonds. The van der Waals surface area contributed by atoms with Crippen LogP contribution in [0, 0.1) is 11.8 Å². The first-order chi connectivity index (χ1) is 7.06. The highest BCUT2D eigenvalue weighted by Crippen LogP contribution is 2.13. The summed E-state index contributed by atoms with van der Waals surface area (Å²) in [4.78, 5) is 11.5. The molecule has 16 heavy (non-hydrogen) atoms. The predicted molar refractivity (Wildman–Crippen MR) is 72.0 cm³/mol. The first-order valence-electron chi connectivity index (χ1n) is 6.03. The van der Waals surface area contributed by atoms with Crippen molar-refractivity contribution in [1.82, 2.24) is 10.6 Å². The fraction of sp³-hybridized carbons (Fsp3) is 0.917. The SMILES string of the molecule is CCNCCNC(=O)CC(C)CC(C)C.Cl. The van der Waals surface area contributed by atoms with Crippen LogP contribution in [0.4, 0.5) is 0 Å². The van der Waals surface area contributed by atoms with Gasteiger partial charge >= 0.3 is 0 Å². The van der Waals surface area contributed by atoms with Gasteiger partial charge in [0.25, 0.3) is 0 Å². The Balaban J connectivity index is 0. The minimum absolute atomic E-state index is 0. The third-order valence-electron chi connectivity index (χ3n) is 2.28. The molecule has 0 aromatic carbocycles. The fourth-order valence-electron chi connectivity index (χ4n) is 1.74. The second-order valence-corrected chi connectivity index (χ2v) is 4.64. The van der Waals surface area contributed by atoms with Gasteiger partial charge in [-0.1, -0.05) is 27.7 Å². The predicted octanol–water partition coefficient (Wildman–Crippen LogP) is 2.21. The second kappa shape index (κ2) is 11.2. The van der Waals surface area contributed by atoms with Gasteiger partial charge in [-0.3, -0.25) is 4.79 Å². The highest BCUT2D eigenvalue weighted by Gasteiger charge is 2.09. The van der Waals surface area contributed by atoms with Crippen molar-refractivity contribution in [3.05, 3.63) is 0 Å². The summed E-state index contributed by atoms with van der Waals surface area (Å²) in [7, 11) is 0. The van der Waals surface area contributed by atoms with E-state index in [9.17, 15) is 4.79 Å². The van der Waals surface area contributed by atoms with Crippen LogP contribution >= 0.6 is 12.4 Å². The maximum Gasteiger partial charge on any atom is 0.220 e. The third-order valence-corrected chi connectivity index (χ3v) is 2.28. The molecule has 1 unspecified atom stereocenters. The molecule has 1 atom stereocenters. The summed E-state index contributed by atoms with van der Waals surface area (Å²) in [6.07, 6.45) is 1.78. The van der Waals surface area contributed by atoms with Crippen molar-refractivity contribution < 1.29 is 4.79 Å². The van der Waals surface area contributed by atoms with E-state index in [1.807, 2.05) is 0 Å². The number of amides is 1. The van der Waals surface area contributed by atoms with Gasteiger partial charge in [-0.25, -0.2) is 0 Å². The Morgan fingerprint density at radius 2 is 1.81 bits per heavy atom.